The third kappa shape index (κ3) is 2.79. The number of nitrogens with zero attached hydrogens (tertiary/aromatic N) is 3. The summed E-state index contributed by atoms with van der Waals surface area (Å²) in [7, 11) is 1.78. The van der Waals surface area contributed by atoms with E-state index < -0.39 is 0 Å². The number of nitrogens with two attached hydrogens (primary N) is 1. The van der Waals surface area contributed by atoms with Crippen LogP contribution in [0.4, 0.5) is 11.5 Å². The Labute approximate surface area is 118 Å². The Kier molecular flexibility index (Phi) is 4.02. The first-order valence-electron chi connectivity index (χ1n) is 6.54. The monoisotopic (exact) mass is 273 g/mol. The zero-order valence-corrected chi connectivity index (χ0v) is 11.9. The number of nitrogen functional groups attached to an aromatic ring is 1. The molecular weight excluding hydrogens is 254 g/mol. The number of amides is 1. The molecule has 1 aromatic heterocycles. The number of hydrogen-bond donors (Lipinski definition) is 2. The number of nitrogens with one attached hydrogen (secondary N) is 1. The highest BCUT2D eigenvalue weighted by molar-refractivity contribution is 5.93. The largest absolute Gasteiger partial charge is 0.399 e. The lowest BCUT2D eigenvalue weighted by Gasteiger charge is -2.21. The zero-order chi connectivity index (χ0) is 14.7. The van der Waals surface area contributed by atoms with Gasteiger partial charge in [0.2, 0.25) is 5.91 Å². The van der Waals surface area contributed by atoms with E-state index in [0.29, 0.717) is 18.1 Å². The van der Waals surface area contributed by atoms with Crippen molar-refractivity contribution >= 4 is 28.3 Å². The van der Waals surface area contributed by atoms with Crippen molar-refractivity contribution in [3.63, 3.8) is 0 Å². The molecule has 0 bridgehead atoms. The molecule has 106 valence electrons. The number of rotatable bonds is 4. The summed E-state index contributed by atoms with van der Waals surface area (Å²) in [5.41, 5.74) is 7.15. The second-order valence-electron chi connectivity index (χ2n) is 4.72. The standard InChI is InChI=1S/C14H19N5O/c1-4-19(3)14(20)9(2)18-13-11-6-5-10(15)7-12(11)16-8-17-13/h5-9H,4,15H2,1-3H3,(H,16,17,18). The molecule has 1 aromatic carbocycles. The number of likely N-dealkylation sites (N-methyl/N-ethyl adjacent to an activating group) is 1. The van der Waals surface area contributed by atoms with Gasteiger partial charge in [-0.05, 0) is 32.0 Å². The van der Waals surface area contributed by atoms with Crippen LogP contribution in [0.3, 0.4) is 0 Å². The molecule has 1 heterocycles. The van der Waals surface area contributed by atoms with Crippen LogP contribution in [-0.4, -0.2) is 40.4 Å². The van der Waals surface area contributed by atoms with Gasteiger partial charge in [0.25, 0.3) is 0 Å². The summed E-state index contributed by atoms with van der Waals surface area (Å²) in [4.78, 5) is 22.1. The molecule has 0 saturated carbocycles. The normalized spacial score (nSPS) is 12.2. The van der Waals surface area contributed by atoms with Gasteiger partial charge < -0.3 is 16.0 Å². The Bertz CT molecular complexity index is 628. The number of benzene rings is 1. The number of fused-ring (bicyclic) bond motifs is 1. The highest BCUT2D eigenvalue weighted by atomic mass is 16.2. The van der Waals surface area contributed by atoms with Crippen molar-refractivity contribution in [2.24, 2.45) is 0 Å². The molecule has 0 aliphatic rings. The van der Waals surface area contributed by atoms with Crippen molar-refractivity contribution in [1.82, 2.24) is 14.9 Å². The van der Waals surface area contributed by atoms with Crippen LogP contribution in [0.2, 0.25) is 0 Å². The van der Waals surface area contributed by atoms with Gasteiger partial charge in [-0.2, -0.15) is 0 Å². The number of anilines is 2. The minimum absolute atomic E-state index is 0.0229. The van der Waals surface area contributed by atoms with E-state index in [1.165, 1.54) is 6.33 Å². The lowest BCUT2D eigenvalue weighted by atomic mass is 10.2. The first-order valence-corrected chi connectivity index (χ1v) is 6.54. The van der Waals surface area contributed by atoms with Gasteiger partial charge in [-0.25, -0.2) is 9.97 Å². The molecular formula is C14H19N5O. The van der Waals surface area contributed by atoms with E-state index in [1.54, 1.807) is 24.1 Å². The van der Waals surface area contributed by atoms with Crippen molar-refractivity contribution in [1.29, 1.82) is 0 Å². The van der Waals surface area contributed by atoms with Gasteiger partial charge in [0.15, 0.2) is 0 Å². The van der Waals surface area contributed by atoms with Gasteiger partial charge in [0.1, 0.15) is 18.2 Å². The molecule has 0 fully saturated rings. The summed E-state index contributed by atoms with van der Waals surface area (Å²) in [5, 5.41) is 3.98. The summed E-state index contributed by atoms with van der Waals surface area (Å²) < 4.78 is 0. The Morgan fingerprint density at radius 2 is 2.20 bits per heavy atom. The second-order valence-corrected chi connectivity index (χ2v) is 4.72. The van der Waals surface area contributed by atoms with Crippen LogP contribution >= 0.6 is 0 Å². The van der Waals surface area contributed by atoms with E-state index >= 15 is 0 Å². The van der Waals surface area contributed by atoms with E-state index in [2.05, 4.69) is 15.3 Å². The van der Waals surface area contributed by atoms with Gasteiger partial charge in [0, 0.05) is 24.7 Å². The van der Waals surface area contributed by atoms with E-state index in [9.17, 15) is 4.79 Å². The van der Waals surface area contributed by atoms with Crippen LogP contribution in [0, 0.1) is 0 Å². The third-order valence-electron chi connectivity index (χ3n) is 3.23. The third-order valence-corrected chi connectivity index (χ3v) is 3.23. The first-order chi connectivity index (χ1) is 9.52. The molecule has 1 unspecified atom stereocenters. The lowest BCUT2D eigenvalue weighted by molar-refractivity contribution is -0.130. The Morgan fingerprint density at radius 1 is 1.45 bits per heavy atom. The van der Waals surface area contributed by atoms with E-state index in [-0.39, 0.29) is 11.9 Å². The fourth-order valence-electron chi connectivity index (χ4n) is 1.94. The molecule has 0 aliphatic heterocycles. The molecule has 0 saturated heterocycles. The predicted molar refractivity (Wildman–Crippen MR) is 80.3 cm³/mol. The fourth-order valence-corrected chi connectivity index (χ4v) is 1.94. The number of aromatic nitrogens is 2. The topological polar surface area (TPSA) is 84.1 Å². The number of carbonyl (C=O) groups is 1. The Balaban J connectivity index is 2.28. The van der Waals surface area contributed by atoms with Crippen molar-refractivity contribution in [3.05, 3.63) is 24.5 Å². The molecule has 2 rings (SSSR count). The van der Waals surface area contributed by atoms with E-state index in [0.717, 1.165) is 10.9 Å². The fraction of sp³-hybridized carbons (Fsp3) is 0.357. The SMILES string of the molecule is CCN(C)C(=O)C(C)Nc1ncnc2cc(N)ccc12. The first kappa shape index (κ1) is 14.0. The maximum atomic E-state index is 12.1. The number of carbonyl (C=O) groups excluding carboxylic acids is 1. The van der Waals surface area contributed by atoms with Gasteiger partial charge in [-0.3, -0.25) is 4.79 Å². The quantitative estimate of drug-likeness (QED) is 0.824. The predicted octanol–water partition coefficient (Wildman–Crippen LogP) is 1.49. The average Bonchev–Trinajstić information content (AvgIpc) is 2.45. The van der Waals surface area contributed by atoms with Gasteiger partial charge in [-0.1, -0.05) is 0 Å². The summed E-state index contributed by atoms with van der Waals surface area (Å²) in [5.74, 6) is 0.662. The van der Waals surface area contributed by atoms with Crippen LogP contribution in [0.25, 0.3) is 10.9 Å². The average molecular weight is 273 g/mol. The Morgan fingerprint density at radius 3 is 2.90 bits per heavy atom. The molecule has 1 amide bonds. The smallest absolute Gasteiger partial charge is 0.244 e. The summed E-state index contributed by atoms with van der Waals surface area (Å²) in [6.07, 6.45) is 1.46. The molecule has 20 heavy (non-hydrogen) atoms. The molecule has 3 N–H and O–H groups in total. The van der Waals surface area contributed by atoms with Crippen LogP contribution in [0.5, 0.6) is 0 Å². The van der Waals surface area contributed by atoms with Crippen LogP contribution < -0.4 is 11.1 Å². The molecule has 2 aromatic rings. The molecule has 0 radical (unpaired) electrons. The van der Waals surface area contributed by atoms with Crippen LogP contribution in [0.1, 0.15) is 13.8 Å². The molecule has 0 aliphatic carbocycles. The minimum Gasteiger partial charge on any atom is -0.399 e. The van der Waals surface area contributed by atoms with E-state index in [4.69, 9.17) is 5.73 Å². The molecule has 1 atom stereocenters. The molecule has 6 nitrogen and oxygen atoms in total. The lowest BCUT2D eigenvalue weighted by Crippen LogP contribution is -2.39. The van der Waals surface area contributed by atoms with Crippen molar-refractivity contribution < 1.29 is 4.79 Å². The van der Waals surface area contributed by atoms with Crippen molar-refractivity contribution in [3.8, 4) is 0 Å². The summed E-state index contributed by atoms with van der Waals surface area (Å²) in [6, 6.07) is 5.08. The maximum Gasteiger partial charge on any atom is 0.244 e. The minimum atomic E-state index is -0.351. The highest BCUT2D eigenvalue weighted by Gasteiger charge is 2.17. The van der Waals surface area contributed by atoms with Gasteiger partial charge in [0.05, 0.1) is 5.52 Å². The van der Waals surface area contributed by atoms with Crippen LogP contribution in [-0.2, 0) is 4.79 Å². The van der Waals surface area contributed by atoms with Crippen molar-refractivity contribution in [2.75, 3.05) is 24.6 Å². The Hall–Kier alpha value is -2.37. The van der Waals surface area contributed by atoms with Gasteiger partial charge >= 0.3 is 0 Å². The maximum absolute atomic E-state index is 12.1. The molecule has 0 spiro atoms. The molecule has 6 heteroatoms. The summed E-state index contributed by atoms with van der Waals surface area (Å²) >= 11 is 0. The summed E-state index contributed by atoms with van der Waals surface area (Å²) in [6.45, 7) is 4.43. The zero-order valence-electron chi connectivity index (χ0n) is 11.9. The van der Waals surface area contributed by atoms with E-state index in [1.807, 2.05) is 19.9 Å². The van der Waals surface area contributed by atoms with Crippen LogP contribution in [0.15, 0.2) is 24.5 Å². The van der Waals surface area contributed by atoms with Gasteiger partial charge in [-0.15, -0.1) is 0 Å². The highest BCUT2D eigenvalue weighted by Crippen LogP contribution is 2.21. The van der Waals surface area contributed by atoms with Crippen molar-refractivity contribution in [2.45, 2.75) is 19.9 Å². The number of hydrogen-bond acceptors (Lipinski definition) is 5. The second kappa shape index (κ2) is 5.73.